The van der Waals surface area contributed by atoms with Crippen molar-refractivity contribution in [2.45, 2.75) is 64.3 Å². The fourth-order valence-electron chi connectivity index (χ4n) is 3.65. The molecule has 146 valence electrons. The van der Waals surface area contributed by atoms with Gasteiger partial charge in [-0.25, -0.2) is 14.5 Å². The van der Waals surface area contributed by atoms with E-state index in [4.69, 9.17) is 9.47 Å². The Morgan fingerprint density at radius 2 is 1.89 bits per heavy atom. The van der Waals surface area contributed by atoms with E-state index in [9.17, 15) is 14.4 Å². The number of amides is 3. The molecule has 1 unspecified atom stereocenters. The average molecular weight is 374 g/mol. The summed E-state index contributed by atoms with van der Waals surface area (Å²) in [6.07, 6.45) is 0.659. The van der Waals surface area contributed by atoms with Crippen molar-refractivity contribution < 1.29 is 23.9 Å². The minimum Gasteiger partial charge on any atom is -0.445 e. The number of fused-ring (bicyclic) bond motifs is 2. The summed E-state index contributed by atoms with van der Waals surface area (Å²) in [7, 11) is 0. The van der Waals surface area contributed by atoms with E-state index in [-0.39, 0.29) is 24.6 Å². The predicted molar refractivity (Wildman–Crippen MR) is 97.8 cm³/mol. The lowest BCUT2D eigenvalue weighted by molar-refractivity contribution is -0.131. The van der Waals surface area contributed by atoms with Gasteiger partial charge >= 0.3 is 12.2 Å². The van der Waals surface area contributed by atoms with Gasteiger partial charge in [-0.3, -0.25) is 4.79 Å². The van der Waals surface area contributed by atoms with Crippen molar-refractivity contribution in [1.29, 1.82) is 0 Å². The van der Waals surface area contributed by atoms with Crippen LogP contribution in [0.2, 0.25) is 0 Å². The van der Waals surface area contributed by atoms with Gasteiger partial charge in [0, 0.05) is 12.1 Å². The van der Waals surface area contributed by atoms with Crippen molar-refractivity contribution in [2.24, 2.45) is 5.92 Å². The van der Waals surface area contributed by atoms with Gasteiger partial charge in [0.15, 0.2) is 0 Å². The smallest absolute Gasteiger partial charge is 0.417 e. The summed E-state index contributed by atoms with van der Waals surface area (Å²) in [5.74, 6) is -0.694. The number of likely N-dealkylation sites (tertiary alicyclic amines) is 1. The highest BCUT2D eigenvalue weighted by Gasteiger charge is 2.51. The van der Waals surface area contributed by atoms with E-state index < -0.39 is 23.7 Å². The lowest BCUT2D eigenvalue weighted by atomic mass is 9.85. The Labute approximate surface area is 159 Å². The topological polar surface area (TPSA) is 84.9 Å². The minimum atomic E-state index is -0.660. The van der Waals surface area contributed by atoms with Gasteiger partial charge in [0.2, 0.25) is 5.91 Å². The standard InChI is InChI=1S/C20H26N2O5/c1-20(2,3)27-19(25)22-14-9-10-16(15(11-14)17(22)23)21-18(24)26-12-13-7-5-4-6-8-13/h4-8,14-16H,9-12H2,1-3H3,(H,21,24)/t14?,15-,16+/m1/s1. The van der Waals surface area contributed by atoms with Crippen molar-refractivity contribution >= 4 is 18.1 Å². The number of alkyl carbamates (subject to hydrolysis) is 1. The van der Waals surface area contributed by atoms with Crippen LogP contribution in [0.5, 0.6) is 0 Å². The highest BCUT2D eigenvalue weighted by molar-refractivity contribution is 5.96. The summed E-state index contributed by atoms with van der Waals surface area (Å²) in [5, 5.41) is 2.79. The molecule has 2 fully saturated rings. The van der Waals surface area contributed by atoms with Crippen LogP contribution in [0, 0.1) is 5.92 Å². The molecule has 0 spiro atoms. The van der Waals surface area contributed by atoms with E-state index in [1.165, 1.54) is 4.90 Å². The van der Waals surface area contributed by atoms with Crippen molar-refractivity contribution in [3.8, 4) is 0 Å². The number of carbonyl (C=O) groups is 3. The Balaban J connectivity index is 1.56. The Hall–Kier alpha value is -2.57. The normalized spacial score (nSPS) is 24.5. The fourth-order valence-corrected chi connectivity index (χ4v) is 3.65. The number of hydrogen-bond donors (Lipinski definition) is 1. The largest absolute Gasteiger partial charge is 0.445 e. The third-order valence-electron chi connectivity index (χ3n) is 4.85. The highest BCUT2D eigenvalue weighted by Crippen LogP contribution is 2.37. The van der Waals surface area contributed by atoms with Gasteiger partial charge in [-0.15, -0.1) is 0 Å². The number of hydrogen-bond acceptors (Lipinski definition) is 5. The molecule has 2 aliphatic rings. The molecule has 3 rings (SSSR count). The second kappa shape index (κ2) is 7.58. The molecule has 7 nitrogen and oxygen atoms in total. The Morgan fingerprint density at radius 1 is 1.19 bits per heavy atom. The molecule has 1 saturated carbocycles. The summed E-state index contributed by atoms with van der Waals surface area (Å²) in [6.45, 7) is 5.48. The molecule has 1 heterocycles. The van der Waals surface area contributed by atoms with E-state index >= 15 is 0 Å². The third kappa shape index (κ3) is 4.59. The van der Waals surface area contributed by atoms with Gasteiger partial charge in [0.25, 0.3) is 0 Å². The molecule has 3 atom stereocenters. The number of rotatable bonds is 3. The molecule has 7 heteroatoms. The van der Waals surface area contributed by atoms with E-state index in [0.717, 1.165) is 5.56 Å². The van der Waals surface area contributed by atoms with Gasteiger partial charge in [-0.1, -0.05) is 30.3 Å². The number of carbonyl (C=O) groups excluding carboxylic acids is 3. The molecule has 3 amide bonds. The molecule has 27 heavy (non-hydrogen) atoms. The summed E-state index contributed by atoms with van der Waals surface area (Å²) < 4.78 is 10.6. The van der Waals surface area contributed by atoms with Crippen LogP contribution in [-0.4, -0.2) is 40.7 Å². The second-order valence-corrected chi connectivity index (χ2v) is 8.07. The predicted octanol–water partition coefficient (Wildman–Crippen LogP) is 3.23. The molecule has 1 aromatic rings. The summed E-state index contributed by atoms with van der Waals surface area (Å²) in [6, 6.07) is 8.90. The quantitative estimate of drug-likeness (QED) is 0.878. The van der Waals surface area contributed by atoms with Crippen LogP contribution < -0.4 is 5.32 Å². The Bertz CT molecular complexity index is 713. The Morgan fingerprint density at radius 3 is 2.56 bits per heavy atom. The molecule has 0 radical (unpaired) electrons. The highest BCUT2D eigenvalue weighted by atomic mass is 16.6. The zero-order valence-corrected chi connectivity index (χ0v) is 15.9. The molecule has 0 aromatic heterocycles. The number of ether oxygens (including phenoxy) is 2. The van der Waals surface area contributed by atoms with Crippen molar-refractivity contribution in [3.05, 3.63) is 35.9 Å². The number of nitrogens with one attached hydrogen (secondary N) is 1. The van der Waals surface area contributed by atoms with Gasteiger partial charge in [0.05, 0.1) is 5.92 Å². The number of nitrogens with zero attached hydrogens (tertiary/aromatic N) is 1. The SMILES string of the molecule is CC(C)(C)OC(=O)N1C(=O)[C@@H]2CC1CC[C@@H]2NC(=O)OCc1ccccc1. The molecule has 1 saturated heterocycles. The first-order valence-electron chi connectivity index (χ1n) is 9.28. The number of imide groups is 1. The maximum atomic E-state index is 12.7. The zero-order chi connectivity index (χ0) is 19.6. The fraction of sp³-hybridized carbons (Fsp3) is 0.550. The van der Waals surface area contributed by atoms with Gasteiger partial charge in [-0.05, 0) is 45.6 Å². The average Bonchev–Trinajstić information content (AvgIpc) is 2.87. The first-order valence-corrected chi connectivity index (χ1v) is 9.28. The van der Waals surface area contributed by atoms with Crippen LogP contribution in [0.25, 0.3) is 0 Å². The monoisotopic (exact) mass is 374 g/mol. The maximum Gasteiger partial charge on any atom is 0.417 e. The van der Waals surface area contributed by atoms with Crippen LogP contribution in [0.1, 0.15) is 45.6 Å². The summed E-state index contributed by atoms with van der Waals surface area (Å²) in [4.78, 5) is 38.4. The molecule has 1 aliphatic carbocycles. The first kappa shape index (κ1) is 19.2. The molecular weight excluding hydrogens is 348 g/mol. The molecular formula is C20H26N2O5. The Kier molecular flexibility index (Phi) is 5.39. The molecule has 2 bridgehead atoms. The van der Waals surface area contributed by atoms with E-state index in [0.29, 0.717) is 19.3 Å². The first-order chi connectivity index (χ1) is 12.7. The lowest BCUT2D eigenvalue weighted by Crippen LogP contribution is -2.44. The zero-order valence-electron chi connectivity index (χ0n) is 15.9. The maximum absolute atomic E-state index is 12.7. The summed E-state index contributed by atoms with van der Waals surface area (Å²) >= 11 is 0. The van der Waals surface area contributed by atoms with Crippen molar-refractivity contribution in [2.75, 3.05) is 0 Å². The van der Waals surface area contributed by atoms with E-state index in [1.807, 2.05) is 30.3 Å². The second-order valence-electron chi connectivity index (χ2n) is 8.07. The number of benzene rings is 1. The van der Waals surface area contributed by atoms with Crippen molar-refractivity contribution in [3.63, 3.8) is 0 Å². The minimum absolute atomic E-state index is 0.157. The molecule has 1 N–H and O–H groups in total. The molecule has 1 aliphatic heterocycles. The van der Waals surface area contributed by atoms with Crippen LogP contribution in [-0.2, 0) is 20.9 Å². The van der Waals surface area contributed by atoms with Crippen LogP contribution >= 0.6 is 0 Å². The van der Waals surface area contributed by atoms with Gasteiger partial charge in [-0.2, -0.15) is 0 Å². The molecule has 1 aromatic carbocycles. The van der Waals surface area contributed by atoms with Crippen LogP contribution in [0.3, 0.4) is 0 Å². The van der Waals surface area contributed by atoms with E-state index in [2.05, 4.69) is 5.32 Å². The third-order valence-corrected chi connectivity index (χ3v) is 4.85. The van der Waals surface area contributed by atoms with Gasteiger partial charge < -0.3 is 14.8 Å². The van der Waals surface area contributed by atoms with Gasteiger partial charge in [0.1, 0.15) is 12.2 Å². The van der Waals surface area contributed by atoms with Crippen LogP contribution in [0.4, 0.5) is 9.59 Å². The van der Waals surface area contributed by atoms with Crippen molar-refractivity contribution in [1.82, 2.24) is 10.2 Å². The van der Waals surface area contributed by atoms with Crippen LogP contribution in [0.15, 0.2) is 30.3 Å². The van der Waals surface area contributed by atoms with E-state index in [1.54, 1.807) is 20.8 Å². The lowest BCUT2D eigenvalue weighted by Gasteiger charge is -2.28. The summed E-state index contributed by atoms with van der Waals surface area (Å²) in [5.41, 5.74) is 0.233.